The highest BCUT2D eigenvalue weighted by Crippen LogP contribution is 2.31. The molecule has 5 rings (SSSR count). The zero-order chi connectivity index (χ0) is 31.7. The Labute approximate surface area is 275 Å². The van der Waals surface area contributed by atoms with Crippen molar-refractivity contribution in [1.29, 1.82) is 0 Å². The van der Waals surface area contributed by atoms with Gasteiger partial charge in [0.2, 0.25) is 5.91 Å². The first kappa shape index (κ1) is 36.5. The molecule has 2 fully saturated rings. The zero-order valence-electron chi connectivity index (χ0n) is 27.3. The third kappa shape index (κ3) is 9.75. The molecule has 0 aliphatic carbocycles. The first-order chi connectivity index (χ1) is 21.1. The van der Waals surface area contributed by atoms with Gasteiger partial charge >= 0.3 is 6.09 Å². The van der Waals surface area contributed by atoms with E-state index in [1.165, 1.54) is 6.33 Å². The van der Waals surface area contributed by atoms with Gasteiger partial charge in [0.25, 0.3) is 0 Å². The molecule has 0 spiro atoms. The molecule has 2 amide bonds. The number of alkyl carbamates (subject to hydrolysis) is 1. The number of rotatable bonds is 8. The van der Waals surface area contributed by atoms with Crippen molar-refractivity contribution in [2.24, 2.45) is 0 Å². The SMILES string of the molecule is CC.CC(C)(C)OC(=O)NC1(C(=O)NC(CCN2CCNCC2)c2ccc(Cl)cc2)CCN(c2ncnc3[nH]ccc23)CC1.P. The van der Waals surface area contributed by atoms with Crippen LogP contribution in [0.25, 0.3) is 11.0 Å². The molecule has 0 bridgehead atoms. The lowest BCUT2D eigenvalue weighted by molar-refractivity contribution is -0.129. The van der Waals surface area contributed by atoms with Crippen molar-refractivity contribution in [2.45, 2.75) is 71.1 Å². The number of piperazine rings is 1. The molecule has 248 valence electrons. The lowest BCUT2D eigenvalue weighted by Crippen LogP contribution is -2.64. The van der Waals surface area contributed by atoms with Crippen LogP contribution in [0.1, 0.15) is 65.5 Å². The minimum absolute atomic E-state index is 0. The van der Waals surface area contributed by atoms with Crippen LogP contribution in [0.5, 0.6) is 0 Å². The van der Waals surface area contributed by atoms with Crippen LogP contribution in [-0.4, -0.2) is 88.8 Å². The summed E-state index contributed by atoms with van der Waals surface area (Å²) >= 11 is 6.19. The van der Waals surface area contributed by atoms with Gasteiger partial charge in [-0.25, -0.2) is 14.8 Å². The number of hydrogen-bond acceptors (Lipinski definition) is 8. The number of piperidine rings is 1. The summed E-state index contributed by atoms with van der Waals surface area (Å²) < 4.78 is 5.61. The van der Waals surface area contributed by atoms with Crippen LogP contribution in [0.15, 0.2) is 42.9 Å². The molecule has 2 aliphatic rings. The number of carbonyl (C=O) groups excluding carboxylic acids is 2. The molecule has 4 heterocycles. The number of H-pyrrole nitrogens is 1. The average Bonchev–Trinajstić information content (AvgIpc) is 3.50. The Morgan fingerprint density at radius 3 is 2.36 bits per heavy atom. The van der Waals surface area contributed by atoms with Crippen molar-refractivity contribution in [1.82, 2.24) is 35.8 Å². The van der Waals surface area contributed by atoms with Crippen LogP contribution >= 0.6 is 21.5 Å². The second-order valence-corrected chi connectivity index (χ2v) is 12.5. The van der Waals surface area contributed by atoms with Gasteiger partial charge in [0, 0.05) is 57.0 Å². The molecular formula is C32H50ClN8O3P. The summed E-state index contributed by atoms with van der Waals surface area (Å²) in [5, 5.41) is 11.2. The predicted molar refractivity (Wildman–Crippen MR) is 186 cm³/mol. The number of aromatic nitrogens is 3. The molecule has 45 heavy (non-hydrogen) atoms. The molecule has 1 aromatic carbocycles. The fraction of sp³-hybridized carbons (Fsp3) is 0.562. The number of ether oxygens (including phenoxy) is 1. The molecule has 2 atom stereocenters. The molecule has 11 nitrogen and oxygen atoms in total. The zero-order valence-corrected chi connectivity index (χ0v) is 29.5. The van der Waals surface area contributed by atoms with Gasteiger partial charge in [-0.05, 0) is 63.8 Å². The Morgan fingerprint density at radius 2 is 1.71 bits per heavy atom. The van der Waals surface area contributed by atoms with E-state index in [1.54, 1.807) is 0 Å². The smallest absolute Gasteiger partial charge is 0.408 e. The van der Waals surface area contributed by atoms with E-state index < -0.39 is 17.2 Å². The first-order valence-electron chi connectivity index (χ1n) is 15.7. The average molecular weight is 661 g/mol. The van der Waals surface area contributed by atoms with Crippen LogP contribution in [0.4, 0.5) is 10.6 Å². The van der Waals surface area contributed by atoms with Crippen molar-refractivity contribution in [3.8, 4) is 0 Å². The Kier molecular flexibility index (Phi) is 13.4. The number of benzene rings is 1. The van der Waals surface area contributed by atoms with E-state index in [0.717, 1.165) is 61.6 Å². The Hall–Kier alpha value is -2.98. The number of hydrogen-bond donors (Lipinski definition) is 4. The maximum atomic E-state index is 14.3. The van der Waals surface area contributed by atoms with Crippen molar-refractivity contribution >= 4 is 50.4 Å². The van der Waals surface area contributed by atoms with Crippen LogP contribution in [0.3, 0.4) is 0 Å². The summed E-state index contributed by atoms with van der Waals surface area (Å²) in [6.45, 7) is 15.2. The van der Waals surface area contributed by atoms with Crippen molar-refractivity contribution in [3.63, 3.8) is 0 Å². The fourth-order valence-corrected chi connectivity index (χ4v) is 5.80. The van der Waals surface area contributed by atoms with Gasteiger partial charge in [-0.1, -0.05) is 37.6 Å². The van der Waals surface area contributed by atoms with Crippen LogP contribution in [0.2, 0.25) is 5.02 Å². The molecule has 3 aromatic rings. The number of nitrogens with zero attached hydrogens (tertiary/aromatic N) is 4. The molecule has 2 aliphatic heterocycles. The topological polar surface area (TPSA) is 128 Å². The molecule has 2 saturated heterocycles. The minimum atomic E-state index is -1.15. The second-order valence-electron chi connectivity index (χ2n) is 12.1. The van der Waals surface area contributed by atoms with Crippen LogP contribution in [0, 0.1) is 0 Å². The predicted octanol–water partition coefficient (Wildman–Crippen LogP) is 4.71. The number of nitrogens with one attached hydrogen (secondary N) is 4. The molecule has 0 saturated carbocycles. The summed E-state index contributed by atoms with van der Waals surface area (Å²) in [6, 6.07) is 9.31. The molecule has 4 N–H and O–H groups in total. The van der Waals surface area contributed by atoms with Gasteiger partial charge in [0.15, 0.2) is 0 Å². The van der Waals surface area contributed by atoms with E-state index in [2.05, 4.69) is 40.7 Å². The van der Waals surface area contributed by atoms with E-state index in [1.807, 2.05) is 71.1 Å². The summed E-state index contributed by atoms with van der Waals surface area (Å²) in [7, 11) is 0. The number of aromatic amines is 1. The first-order valence-corrected chi connectivity index (χ1v) is 16.0. The van der Waals surface area contributed by atoms with E-state index >= 15 is 0 Å². The number of fused-ring (bicyclic) bond motifs is 1. The number of carbonyl (C=O) groups is 2. The summed E-state index contributed by atoms with van der Waals surface area (Å²) in [4.78, 5) is 43.8. The van der Waals surface area contributed by atoms with Crippen molar-refractivity contribution in [2.75, 3.05) is 50.7 Å². The number of anilines is 1. The van der Waals surface area contributed by atoms with Gasteiger partial charge in [-0.2, -0.15) is 9.90 Å². The highest BCUT2D eigenvalue weighted by molar-refractivity contribution is 6.92. The Balaban J connectivity index is 0.00000180. The van der Waals surface area contributed by atoms with Gasteiger partial charge in [0.05, 0.1) is 11.4 Å². The van der Waals surface area contributed by atoms with Crippen LogP contribution < -0.4 is 20.9 Å². The third-order valence-corrected chi connectivity index (χ3v) is 8.20. The lowest BCUT2D eigenvalue weighted by Gasteiger charge is -2.42. The van der Waals surface area contributed by atoms with Gasteiger partial charge in [0.1, 0.15) is 28.9 Å². The molecule has 2 unspecified atom stereocenters. The summed E-state index contributed by atoms with van der Waals surface area (Å²) in [5.74, 6) is 0.588. The molecule has 0 radical (unpaired) electrons. The largest absolute Gasteiger partial charge is 0.444 e. The quantitative estimate of drug-likeness (QED) is 0.256. The lowest BCUT2D eigenvalue weighted by atomic mass is 9.85. The summed E-state index contributed by atoms with van der Waals surface area (Å²) in [6.07, 6.45) is 4.28. The fourth-order valence-electron chi connectivity index (χ4n) is 5.68. The van der Waals surface area contributed by atoms with Crippen molar-refractivity contribution < 1.29 is 14.3 Å². The number of halogens is 1. The minimum Gasteiger partial charge on any atom is -0.444 e. The Bertz CT molecular complexity index is 1370. The normalized spacial score (nSPS) is 17.3. The number of amides is 2. The van der Waals surface area contributed by atoms with Crippen LogP contribution in [-0.2, 0) is 9.53 Å². The maximum absolute atomic E-state index is 14.3. The molecule has 2 aromatic heterocycles. The Morgan fingerprint density at radius 1 is 1.04 bits per heavy atom. The van der Waals surface area contributed by atoms with E-state index in [-0.39, 0.29) is 21.8 Å². The maximum Gasteiger partial charge on any atom is 0.408 e. The second kappa shape index (κ2) is 16.5. The highest BCUT2D eigenvalue weighted by Gasteiger charge is 2.45. The van der Waals surface area contributed by atoms with Gasteiger partial charge < -0.3 is 35.5 Å². The van der Waals surface area contributed by atoms with Gasteiger partial charge in [-0.3, -0.25) is 4.79 Å². The van der Waals surface area contributed by atoms with E-state index in [0.29, 0.717) is 31.0 Å². The molecular weight excluding hydrogens is 611 g/mol. The van der Waals surface area contributed by atoms with E-state index in [9.17, 15) is 9.59 Å². The highest BCUT2D eigenvalue weighted by atomic mass is 35.5. The monoisotopic (exact) mass is 660 g/mol. The van der Waals surface area contributed by atoms with Gasteiger partial charge in [-0.15, -0.1) is 0 Å². The van der Waals surface area contributed by atoms with E-state index in [4.69, 9.17) is 16.3 Å². The standard InChI is InChI=1S/C30H41ClN8O3.C2H6.H3P/c1-29(2,3)42-28(41)37-30(10-16-39(17-11-30)26-23-8-12-33-25(23)34-20-35-26)27(40)36-24(21-4-6-22(31)7-5-21)9-15-38-18-13-32-14-19-38;1-2;/h4-8,12,20,24,32H,9-11,13-19H2,1-3H3,(H,36,40)(H,37,41)(H,33,34,35);1-2H3;1H3. The molecule has 13 heteroatoms. The van der Waals surface area contributed by atoms with Crippen molar-refractivity contribution in [3.05, 3.63) is 53.4 Å². The summed E-state index contributed by atoms with van der Waals surface area (Å²) in [5.41, 5.74) is -0.110. The third-order valence-electron chi connectivity index (χ3n) is 7.95.